The molecule has 1 heterocycles. The number of carbonyl (C=O) groups excluding carboxylic acids is 2. The molecule has 31 heavy (non-hydrogen) atoms. The van der Waals surface area contributed by atoms with Gasteiger partial charge in [-0.2, -0.15) is 0 Å². The van der Waals surface area contributed by atoms with Gasteiger partial charge in [-0.05, 0) is 44.2 Å². The first-order valence-electron chi connectivity index (χ1n) is 9.58. The van der Waals surface area contributed by atoms with Crippen LogP contribution < -0.4 is 20.3 Å². The van der Waals surface area contributed by atoms with E-state index in [0.717, 1.165) is 0 Å². The topological polar surface area (TPSA) is 109 Å². The van der Waals surface area contributed by atoms with E-state index in [-0.39, 0.29) is 11.1 Å². The molecule has 0 radical (unpaired) electrons. The third-order valence-electron chi connectivity index (χ3n) is 4.68. The van der Waals surface area contributed by atoms with Crippen molar-refractivity contribution in [3.05, 3.63) is 58.0 Å². The molecule has 0 fully saturated rings. The van der Waals surface area contributed by atoms with E-state index in [4.69, 9.17) is 14.2 Å². The Hall–Kier alpha value is -3.88. The first-order valence-corrected chi connectivity index (χ1v) is 9.58. The average molecular weight is 425 g/mol. The molecular weight excluding hydrogens is 402 g/mol. The predicted molar refractivity (Wildman–Crippen MR) is 115 cm³/mol. The number of methoxy groups -OCH3 is 2. The molecule has 0 saturated carbocycles. The molecule has 1 aromatic heterocycles. The predicted octanol–water partition coefficient (Wildman–Crippen LogP) is 2.54. The molecule has 0 aliphatic rings. The molecule has 9 heteroatoms. The van der Waals surface area contributed by atoms with Gasteiger partial charge >= 0.3 is 5.97 Å². The summed E-state index contributed by atoms with van der Waals surface area (Å²) < 4.78 is 17.1. The molecule has 0 unspecified atom stereocenters. The highest BCUT2D eigenvalue weighted by molar-refractivity contribution is 5.97. The molecule has 1 amide bonds. The molecule has 0 atom stereocenters. The van der Waals surface area contributed by atoms with Crippen molar-refractivity contribution >= 4 is 28.6 Å². The molecule has 0 aliphatic carbocycles. The molecule has 0 saturated heterocycles. The van der Waals surface area contributed by atoms with Crippen LogP contribution in [0.1, 0.15) is 23.0 Å². The van der Waals surface area contributed by atoms with Gasteiger partial charge in [0.1, 0.15) is 17.2 Å². The molecule has 0 bridgehead atoms. The second kappa shape index (κ2) is 9.29. The van der Waals surface area contributed by atoms with Crippen LogP contribution in [0.15, 0.2) is 41.2 Å². The molecule has 0 aliphatic heterocycles. The number of amides is 1. The maximum absolute atomic E-state index is 12.4. The molecule has 3 rings (SSSR count). The summed E-state index contributed by atoms with van der Waals surface area (Å²) >= 11 is 0. The second-order valence-electron chi connectivity index (χ2n) is 6.64. The van der Waals surface area contributed by atoms with Gasteiger partial charge in [0.2, 0.25) is 0 Å². The fourth-order valence-electron chi connectivity index (χ4n) is 3.13. The van der Waals surface area contributed by atoms with Gasteiger partial charge in [0.15, 0.2) is 6.61 Å². The third-order valence-corrected chi connectivity index (χ3v) is 4.68. The monoisotopic (exact) mass is 425 g/mol. The van der Waals surface area contributed by atoms with Crippen LogP contribution in [0.5, 0.6) is 11.5 Å². The van der Waals surface area contributed by atoms with E-state index in [2.05, 4.69) is 10.3 Å². The number of benzene rings is 2. The molecule has 1 N–H and O–H groups in total. The van der Waals surface area contributed by atoms with Gasteiger partial charge in [-0.3, -0.25) is 9.59 Å². The highest BCUT2D eigenvalue weighted by Gasteiger charge is 2.15. The Bertz CT molecular complexity index is 1200. The molecule has 9 nitrogen and oxygen atoms in total. The van der Waals surface area contributed by atoms with Crippen molar-refractivity contribution in [3.63, 3.8) is 0 Å². The smallest absolute Gasteiger partial charge is 0.338 e. The van der Waals surface area contributed by atoms with Crippen molar-refractivity contribution < 1.29 is 23.8 Å². The van der Waals surface area contributed by atoms with Crippen molar-refractivity contribution in [2.75, 3.05) is 26.1 Å². The lowest BCUT2D eigenvalue weighted by atomic mass is 10.2. The van der Waals surface area contributed by atoms with Gasteiger partial charge in [0.25, 0.3) is 11.5 Å². The zero-order valence-corrected chi connectivity index (χ0v) is 17.7. The number of anilines is 1. The van der Waals surface area contributed by atoms with E-state index < -0.39 is 18.5 Å². The van der Waals surface area contributed by atoms with Gasteiger partial charge < -0.3 is 24.1 Å². The van der Waals surface area contributed by atoms with Crippen LogP contribution in [0, 0.1) is 6.92 Å². The highest BCUT2D eigenvalue weighted by atomic mass is 16.5. The normalized spacial score (nSPS) is 10.6. The Labute approximate surface area is 178 Å². The molecule has 162 valence electrons. The number of carbonyl (C=O) groups is 2. The quantitative estimate of drug-likeness (QED) is 0.580. The van der Waals surface area contributed by atoms with Gasteiger partial charge in [0, 0.05) is 12.6 Å². The summed E-state index contributed by atoms with van der Waals surface area (Å²) in [6.07, 6.45) is 0. The number of hydrogen-bond acceptors (Lipinski definition) is 7. The molecule has 0 spiro atoms. The summed E-state index contributed by atoms with van der Waals surface area (Å²) in [5, 5.41) is 2.63. The van der Waals surface area contributed by atoms with E-state index >= 15 is 0 Å². The minimum Gasteiger partial charge on any atom is -0.497 e. The Morgan fingerprint density at radius 2 is 1.87 bits per heavy atom. The highest BCUT2D eigenvalue weighted by Crippen LogP contribution is 2.28. The lowest BCUT2D eigenvalue weighted by Crippen LogP contribution is -2.23. The molecular formula is C22H23N3O6. The van der Waals surface area contributed by atoms with Crippen LogP contribution >= 0.6 is 0 Å². The Morgan fingerprint density at radius 1 is 1.10 bits per heavy atom. The summed E-state index contributed by atoms with van der Waals surface area (Å²) in [6, 6.07) is 9.67. The number of ether oxygens (including phenoxy) is 3. The maximum Gasteiger partial charge on any atom is 0.338 e. The first-order chi connectivity index (χ1) is 14.9. The first kappa shape index (κ1) is 21.8. The summed E-state index contributed by atoms with van der Waals surface area (Å²) in [7, 11) is 2.99. The SMILES string of the molecule is CCn1c(=O)c(C)nc2cc(C(=O)OCC(=O)Nc3cc(OC)ccc3OC)ccc21. The van der Waals surface area contributed by atoms with Gasteiger partial charge in [-0.1, -0.05) is 0 Å². The van der Waals surface area contributed by atoms with Crippen LogP contribution in [0.3, 0.4) is 0 Å². The summed E-state index contributed by atoms with van der Waals surface area (Å²) in [4.78, 5) is 41.2. The van der Waals surface area contributed by atoms with Crippen molar-refractivity contribution in [1.82, 2.24) is 9.55 Å². The zero-order chi connectivity index (χ0) is 22.5. The zero-order valence-electron chi connectivity index (χ0n) is 17.7. The summed E-state index contributed by atoms with van der Waals surface area (Å²) in [6.45, 7) is 3.48. The van der Waals surface area contributed by atoms with Crippen molar-refractivity contribution in [1.29, 1.82) is 0 Å². The van der Waals surface area contributed by atoms with E-state index in [1.54, 1.807) is 41.8 Å². The third kappa shape index (κ3) is 4.66. The largest absolute Gasteiger partial charge is 0.497 e. The Morgan fingerprint density at radius 3 is 2.55 bits per heavy atom. The van der Waals surface area contributed by atoms with Crippen LogP contribution in [0.25, 0.3) is 11.0 Å². The minimum absolute atomic E-state index is 0.171. The number of aryl methyl sites for hydroxylation is 2. The van der Waals surface area contributed by atoms with E-state index in [1.165, 1.54) is 20.3 Å². The number of esters is 1. The number of hydrogen-bond donors (Lipinski definition) is 1. The van der Waals surface area contributed by atoms with Crippen molar-refractivity contribution in [3.8, 4) is 11.5 Å². The van der Waals surface area contributed by atoms with E-state index in [1.807, 2.05) is 6.92 Å². The van der Waals surface area contributed by atoms with Crippen LogP contribution in [-0.4, -0.2) is 42.3 Å². The van der Waals surface area contributed by atoms with Crippen LogP contribution in [-0.2, 0) is 16.1 Å². The number of rotatable bonds is 7. The lowest BCUT2D eigenvalue weighted by molar-refractivity contribution is -0.119. The average Bonchev–Trinajstić information content (AvgIpc) is 2.78. The maximum atomic E-state index is 12.4. The summed E-state index contributed by atoms with van der Waals surface area (Å²) in [5.41, 5.74) is 1.91. The lowest BCUT2D eigenvalue weighted by Gasteiger charge is -2.12. The minimum atomic E-state index is -0.677. The van der Waals surface area contributed by atoms with Gasteiger partial charge in [-0.15, -0.1) is 0 Å². The number of aromatic nitrogens is 2. The van der Waals surface area contributed by atoms with E-state index in [0.29, 0.717) is 40.5 Å². The Balaban J connectivity index is 1.72. The second-order valence-corrected chi connectivity index (χ2v) is 6.64. The van der Waals surface area contributed by atoms with Gasteiger partial charge in [0.05, 0.1) is 36.5 Å². The number of fused-ring (bicyclic) bond motifs is 1. The van der Waals surface area contributed by atoms with Gasteiger partial charge in [-0.25, -0.2) is 9.78 Å². The summed E-state index contributed by atoms with van der Waals surface area (Å²) in [5.74, 6) is -0.228. The fourth-order valence-corrected chi connectivity index (χ4v) is 3.13. The fraction of sp³-hybridized carbons (Fsp3) is 0.273. The molecule has 3 aromatic rings. The van der Waals surface area contributed by atoms with Crippen LogP contribution in [0.2, 0.25) is 0 Å². The van der Waals surface area contributed by atoms with Crippen molar-refractivity contribution in [2.24, 2.45) is 0 Å². The van der Waals surface area contributed by atoms with Crippen molar-refractivity contribution in [2.45, 2.75) is 20.4 Å². The number of nitrogens with one attached hydrogen (secondary N) is 1. The Kier molecular flexibility index (Phi) is 6.54. The number of nitrogens with zero attached hydrogens (tertiary/aromatic N) is 2. The molecule has 2 aromatic carbocycles. The van der Waals surface area contributed by atoms with Crippen LogP contribution in [0.4, 0.5) is 5.69 Å². The van der Waals surface area contributed by atoms with E-state index in [9.17, 15) is 14.4 Å². The standard InChI is InChI=1S/C22H23N3O6/c1-5-25-18-8-6-14(10-16(18)23-13(2)21(25)27)22(28)31-12-20(26)24-17-11-15(29-3)7-9-19(17)30-4/h6-11H,5,12H2,1-4H3,(H,24,26).